The van der Waals surface area contributed by atoms with Crippen LogP contribution in [-0.2, 0) is 13.2 Å². The normalized spacial score (nSPS) is 12.8. The molecule has 30 heavy (non-hydrogen) atoms. The largest absolute Gasteiger partial charge is 0.478 e. The highest BCUT2D eigenvalue weighted by Gasteiger charge is 2.37. The van der Waals surface area contributed by atoms with Crippen molar-refractivity contribution in [2.45, 2.75) is 26.1 Å². The van der Waals surface area contributed by atoms with Gasteiger partial charge >= 0.3 is 12.1 Å². The van der Waals surface area contributed by atoms with E-state index in [0.29, 0.717) is 0 Å². The third-order valence-electron chi connectivity index (χ3n) is 4.64. The van der Waals surface area contributed by atoms with E-state index in [9.17, 15) is 27.2 Å². The zero-order valence-electron chi connectivity index (χ0n) is 16.0. The molecule has 0 aliphatic heterocycles. The van der Waals surface area contributed by atoms with Crippen LogP contribution in [0.15, 0.2) is 29.1 Å². The molecule has 158 valence electrons. The average molecular weight is 424 g/mol. The molecule has 0 saturated carbocycles. The minimum Gasteiger partial charge on any atom is -0.478 e. The van der Waals surface area contributed by atoms with Gasteiger partial charge in [0.1, 0.15) is 11.6 Å². The highest BCUT2D eigenvalue weighted by atomic mass is 19.4. The first-order chi connectivity index (χ1) is 13.9. The Bertz CT molecular complexity index is 1220. The maximum atomic E-state index is 14.2. The second-order valence-electron chi connectivity index (χ2n) is 6.68. The number of pyridine rings is 1. The van der Waals surface area contributed by atoms with Crippen LogP contribution in [0, 0.1) is 12.7 Å². The first kappa shape index (κ1) is 21.2. The van der Waals surface area contributed by atoms with E-state index in [4.69, 9.17) is 5.11 Å². The fourth-order valence-electron chi connectivity index (χ4n) is 2.95. The molecular weight excluding hydrogens is 408 g/mol. The maximum absolute atomic E-state index is 14.2. The van der Waals surface area contributed by atoms with E-state index in [-0.39, 0.29) is 33.7 Å². The number of benzene rings is 1. The molecule has 1 atom stereocenters. The van der Waals surface area contributed by atoms with Gasteiger partial charge in [-0.2, -0.15) is 13.2 Å². The van der Waals surface area contributed by atoms with Crippen molar-refractivity contribution >= 4 is 22.7 Å². The van der Waals surface area contributed by atoms with E-state index in [1.165, 1.54) is 25.5 Å². The Morgan fingerprint density at radius 2 is 1.90 bits per heavy atom. The summed E-state index contributed by atoms with van der Waals surface area (Å²) in [6.45, 7) is 2.81. The summed E-state index contributed by atoms with van der Waals surface area (Å²) in [7, 11) is 1.43. The van der Waals surface area contributed by atoms with Crippen molar-refractivity contribution in [3.05, 3.63) is 63.1 Å². The fraction of sp³-hybridized carbons (Fsp3) is 0.263. The molecule has 1 aromatic carbocycles. The molecular formula is C19H16F4N4O3. The van der Waals surface area contributed by atoms with E-state index < -0.39 is 35.3 Å². The van der Waals surface area contributed by atoms with Crippen LogP contribution in [0.4, 0.5) is 23.2 Å². The smallest absolute Gasteiger partial charge is 0.433 e. The molecule has 2 aromatic heterocycles. The summed E-state index contributed by atoms with van der Waals surface area (Å²) >= 11 is 0. The Morgan fingerprint density at radius 1 is 1.23 bits per heavy atom. The lowest BCUT2D eigenvalue weighted by molar-refractivity contribution is -0.141. The molecule has 0 fully saturated rings. The number of nitrogens with one attached hydrogen (secondary N) is 1. The van der Waals surface area contributed by atoms with Gasteiger partial charge in [-0.25, -0.2) is 19.2 Å². The van der Waals surface area contributed by atoms with Gasteiger partial charge in [-0.15, -0.1) is 0 Å². The van der Waals surface area contributed by atoms with E-state index in [1.54, 1.807) is 0 Å². The molecule has 1 unspecified atom stereocenters. The first-order valence-corrected chi connectivity index (χ1v) is 8.65. The van der Waals surface area contributed by atoms with Gasteiger partial charge in [0, 0.05) is 12.6 Å². The van der Waals surface area contributed by atoms with E-state index in [0.717, 1.165) is 24.3 Å². The molecule has 0 amide bonds. The average Bonchev–Trinajstić information content (AvgIpc) is 2.66. The minimum atomic E-state index is -4.85. The number of anilines is 1. The Balaban J connectivity index is 2.13. The third kappa shape index (κ3) is 3.82. The van der Waals surface area contributed by atoms with Crippen LogP contribution in [0.25, 0.3) is 11.0 Å². The first-order valence-electron chi connectivity index (χ1n) is 8.65. The summed E-state index contributed by atoms with van der Waals surface area (Å²) < 4.78 is 56.3. The van der Waals surface area contributed by atoms with Gasteiger partial charge in [0.15, 0.2) is 11.3 Å². The summed E-state index contributed by atoms with van der Waals surface area (Å²) in [6.07, 6.45) is -4.85. The molecule has 2 heterocycles. The van der Waals surface area contributed by atoms with Gasteiger partial charge in [0.2, 0.25) is 0 Å². The Kier molecular flexibility index (Phi) is 5.23. The van der Waals surface area contributed by atoms with Crippen LogP contribution in [0.5, 0.6) is 0 Å². The number of carboxylic acids is 1. The van der Waals surface area contributed by atoms with E-state index in [1.807, 2.05) is 0 Å². The molecule has 0 spiro atoms. The van der Waals surface area contributed by atoms with Crippen molar-refractivity contribution in [2.75, 3.05) is 5.32 Å². The predicted molar refractivity (Wildman–Crippen MR) is 99.9 cm³/mol. The quantitative estimate of drug-likeness (QED) is 0.621. The van der Waals surface area contributed by atoms with Crippen LogP contribution >= 0.6 is 0 Å². The van der Waals surface area contributed by atoms with Crippen molar-refractivity contribution in [3.63, 3.8) is 0 Å². The van der Waals surface area contributed by atoms with Crippen molar-refractivity contribution in [3.8, 4) is 0 Å². The van der Waals surface area contributed by atoms with Crippen molar-refractivity contribution < 1.29 is 27.5 Å². The molecule has 11 heteroatoms. The lowest BCUT2D eigenvalue weighted by Gasteiger charge is -2.21. The number of rotatable bonds is 4. The number of aromatic nitrogens is 3. The van der Waals surface area contributed by atoms with Crippen molar-refractivity contribution in [2.24, 2.45) is 7.05 Å². The zero-order valence-corrected chi connectivity index (χ0v) is 16.0. The number of hydrogen-bond donors (Lipinski definition) is 2. The Hall–Kier alpha value is -3.50. The number of halogens is 4. The monoisotopic (exact) mass is 424 g/mol. The van der Waals surface area contributed by atoms with Gasteiger partial charge in [-0.1, -0.05) is 0 Å². The van der Waals surface area contributed by atoms with Gasteiger partial charge in [-0.3, -0.25) is 9.36 Å². The molecule has 0 aliphatic rings. The van der Waals surface area contributed by atoms with Crippen LogP contribution in [-0.4, -0.2) is 25.6 Å². The van der Waals surface area contributed by atoms with E-state index in [2.05, 4.69) is 15.3 Å². The standard InChI is InChI=1S/C19H16F4N4O3/c1-8(24-14-5-4-10(18(29)30)6-13(14)20)11-7-12-16(26-15(11)19(21,22)23)25-9(2)27(3)17(12)28/h4-8,24H,1-3H3,(H,29,30). The summed E-state index contributed by atoms with van der Waals surface area (Å²) in [4.78, 5) is 30.9. The summed E-state index contributed by atoms with van der Waals surface area (Å²) in [5.41, 5.74) is -3.04. The summed E-state index contributed by atoms with van der Waals surface area (Å²) in [5, 5.41) is 11.4. The third-order valence-corrected chi connectivity index (χ3v) is 4.64. The second kappa shape index (κ2) is 7.39. The highest BCUT2D eigenvalue weighted by Crippen LogP contribution is 2.35. The number of carbonyl (C=O) groups is 1. The maximum Gasteiger partial charge on any atom is 0.433 e. The van der Waals surface area contributed by atoms with E-state index >= 15 is 0 Å². The van der Waals surface area contributed by atoms with Gasteiger partial charge < -0.3 is 10.4 Å². The molecule has 0 aliphatic carbocycles. The lowest BCUT2D eigenvalue weighted by Crippen LogP contribution is -2.24. The molecule has 0 radical (unpaired) electrons. The molecule has 3 rings (SSSR count). The predicted octanol–water partition coefficient (Wildman–Crippen LogP) is 3.67. The van der Waals surface area contributed by atoms with Crippen molar-refractivity contribution in [1.29, 1.82) is 0 Å². The Morgan fingerprint density at radius 3 is 2.47 bits per heavy atom. The molecule has 2 N–H and O–H groups in total. The van der Waals surface area contributed by atoms with Gasteiger partial charge in [0.05, 0.1) is 22.7 Å². The highest BCUT2D eigenvalue weighted by molar-refractivity contribution is 5.88. The second-order valence-corrected chi connectivity index (χ2v) is 6.68. The van der Waals surface area contributed by atoms with Crippen LogP contribution in [0.3, 0.4) is 0 Å². The minimum absolute atomic E-state index is 0.110. The van der Waals surface area contributed by atoms with Crippen LogP contribution < -0.4 is 10.9 Å². The molecule has 7 nitrogen and oxygen atoms in total. The SMILES string of the molecule is Cc1nc2nc(C(F)(F)F)c(C(C)Nc3ccc(C(=O)O)cc3F)cc2c(=O)n1C. The van der Waals surface area contributed by atoms with Crippen LogP contribution in [0.1, 0.15) is 40.4 Å². The molecule has 0 bridgehead atoms. The fourth-order valence-corrected chi connectivity index (χ4v) is 2.95. The number of nitrogens with zero attached hydrogens (tertiary/aromatic N) is 3. The lowest BCUT2D eigenvalue weighted by atomic mass is 10.0. The number of fused-ring (bicyclic) bond motifs is 1. The number of hydrogen-bond acceptors (Lipinski definition) is 5. The van der Waals surface area contributed by atoms with Gasteiger partial charge in [0.25, 0.3) is 5.56 Å². The number of carboxylic acid groups (broad SMARTS) is 1. The zero-order chi connectivity index (χ0) is 22.4. The van der Waals surface area contributed by atoms with Crippen LogP contribution in [0.2, 0.25) is 0 Å². The number of aromatic carboxylic acids is 1. The topological polar surface area (TPSA) is 97.1 Å². The number of alkyl halides is 3. The molecule has 0 saturated heterocycles. The summed E-state index contributed by atoms with van der Waals surface area (Å²) in [6, 6.07) is 2.91. The molecule has 3 aromatic rings. The Labute approximate surface area is 167 Å². The summed E-state index contributed by atoms with van der Waals surface area (Å²) in [5.74, 6) is -2.09. The van der Waals surface area contributed by atoms with Crippen molar-refractivity contribution in [1.82, 2.24) is 14.5 Å². The number of aryl methyl sites for hydroxylation is 1. The van der Waals surface area contributed by atoms with Gasteiger partial charge in [-0.05, 0) is 38.1 Å².